The second kappa shape index (κ2) is 4.63. The van der Waals surface area contributed by atoms with E-state index in [0.29, 0.717) is 17.2 Å². The topological polar surface area (TPSA) is 83.2 Å². The molecule has 0 aromatic carbocycles. The third kappa shape index (κ3) is 2.59. The fourth-order valence-electron chi connectivity index (χ4n) is 1.13. The zero-order chi connectivity index (χ0) is 12.3. The zero-order valence-electron chi connectivity index (χ0n) is 8.45. The van der Waals surface area contributed by atoms with Crippen LogP contribution in [-0.4, -0.2) is 16.1 Å². The number of carboxylic acid groups (broad SMARTS) is 1. The molecule has 84 valence electrons. The summed E-state index contributed by atoms with van der Waals surface area (Å²) in [6.45, 7) is 0. The second-order valence-corrected chi connectivity index (χ2v) is 3.96. The second-order valence-electron chi connectivity index (χ2n) is 3.04. The molecule has 0 aliphatic carbocycles. The number of thiophene rings is 1. The van der Waals surface area contributed by atoms with Crippen molar-refractivity contribution in [2.24, 2.45) is 0 Å². The number of aromatic carboxylic acids is 1. The number of hydrogen-bond donors (Lipinski definition) is 1. The predicted molar refractivity (Wildman–Crippen MR) is 60.3 cm³/mol. The average molecular weight is 246 g/mol. The van der Waals surface area contributed by atoms with Crippen molar-refractivity contribution in [3.8, 4) is 17.6 Å². The minimum absolute atomic E-state index is 0.210. The quantitative estimate of drug-likeness (QED) is 0.899. The molecule has 2 heterocycles. The number of carboxylic acids is 1. The molecular formula is C11H6N2O3S. The lowest BCUT2D eigenvalue weighted by Gasteiger charge is -2.01. The summed E-state index contributed by atoms with van der Waals surface area (Å²) in [7, 11) is 0. The highest BCUT2D eigenvalue weighted by Crippen LogP contribution is 2.26. The van der Waals surface area contributed by atoms with Crippen molar-refractivity contribution in [1.82, 2.24) is 4.98 Å². The number of hydrogen-bond acceptors (Lipinski definition) is 5. The van der Waals surface area contributed by atoms with E-state index in [1.807, 2.05) is 6.07 Å². The highest BCUT2D eigenvalue weighted by molar-refractivity contribution is 7.12. The molecule has 2 aromatic heterocycles. The SMILES string of the molecule is N#Cc1ccc(Oc2csc(C(=O)O)c2)cn1. The van der Waals surface area contributed by atoms with E-state index in [1.54, 1.807) is 11.4 Å². The van der Waals surface area contributed by atoms with Crippen LogP contribution in [0.15, 0.2) is 29.8 Å². The standard InChI is InChI=1S/C11H6N2O3S/c12-4-7-1-2-8(5-13-7)16-9-3-10(11(14)15)17-6-9/h1-3,5-6H,(H,14,15). The Kier molecular flexibility index (Phi) is 3.03. The highest BCUT2D eigenvalue weighted by atomic mass is 32.1. The van der Waals surface area contributed by atoms with E-state index in [-0.39, 0.29) is 4.88 Å². The molecule has 0 bridgehead atoms. The summed E-state index contributed by atoms with van der Waals surface area (Å²) in [5.41, 5.74) is 0.300. The van der Waals surface area contributed by atoms with Gasteiger partial charge in [-0.3, -0.25) is 0 Å². The Labute approximate surface area is 101 Å². The smallest absolute Gasteiger partial charge is 0.346 e. The molecule has 5 nitrogen and oxygen atoms in total. The Morgan fingerprint density at radius 1 is 1.47 bits per heavy atom. The fraction of sp³-hybridized carbons (Fsp3) is 0. The van der Waals surface area contributed by atoms with Crippen molar-refractivity contribution in [2.45, 2.75) is 0 Å². The molecule has 0 unspecified atom stereocenters. The van der Waals surface area contributed by atoms with Gasteiger partial charge in [0.05, 0.1) is 6.20 Å². The third-order valence-electron chi connectivity index (χ3n) is 1.87. The van der Waals surface area contributed by atoms with Gasteiger partial charge in [-0.15, -0.1) is 11.3 Å². The van der Waals surface area contributed by atoms with Crippen LogP contribution >= 0.6 is 11.3 Å². The first kappa shape index (κ1) is 11.1. The average Bonchev–Trinajstić information content (AvgIpc) is 2.79. The Bertz CT molecular complexity index is 584. The van der Waals surface area contributed by atoms with E-state index in [1.165, 1.54) is 18.3 Å². The van der Waals surface area contributed by atoms with Gasteiger partial charge in [0.15, 0.2) is 0 Å². The molecule has 0 radical (unpaired) electrons. The van der Waals surface area contributed by atoms with Gasteiger partial charge in [-0.2, -0.15) is 5.26 Å². The summed E-state index contributed by atoms with van der Waals surface area (Å²) in [4.78, 5) is 14.7. The Balaban J connectivity index is 2.14. The maximum atomic E-state index is 10.7. The molecule has 0 saturated heterocycles. The molecule has 0 fully saturated rings. The number of nitrogens with zero attached hydrogens (tertiary/aromatic N) is 2. The van der Waals surface area contributed by atoms with Gasteiger partial charge < -0.3 is 9.84 Å². The van der Waals surface area contributed by atoms with Crippen molar-refractivity contribution in [3.63, 3.8) is 0 Å². The van der Waals surface area contributed by atoms with Crippen molar-refractivity contribution < 1.29 is 14.6 Å². The lowest BCUT2D eigenvalue weighted by atomic mass is 10.3. The zero-order valence-corrected chi connectivity index (χ0v) is 9.27. The molecule has 0 aliphatic heterocycles. The van der Waals surface area contributed by atoms with Crippen LogP contribution in [0.5, 0.6) is 11.5 Å². The first-order chi connectivity index (χ1) is 8.19. The maximum Gasteiger partial charge on any atom is 0.346 e. The van der Waals surface area contributed by atoms with E-state index in [9.17, 15) is 4.79 Å². The van der Waals surface area contributed by atoms with Gasteiger partial charge in [-0.25, -0.2) is 9.78 Å². The third-order valence-corrected chi connectivity index (χ3v) is 2.77. The minimum atomic E-state index is -0.984. The number of pyridine rings is 1. The molecular weight excluding hydrogens is 240 g/mol. The lowest BCUT2D eigenvalue weighted by Crippen LogP contribution is -1.90. The normalized spacial score (nSPS) is 9.59. The van der Waals surface area contributed by atoms with E-state index < -0.39 is 5.97 Å². The van der Waals surface area contributed by atoms with Gasteiger partial charge in [0.1, 0.15) is 28.1 Å². The summed E-state index contributed by atoms with van der Waals surface area (Å²) >= 11 is 1.09. The van der Waals surface area contributed by atoms with Gasteiger partial charge in [0.25, 0.3) is 0 Å². The summed E-state index contributed by atoms with van der Waals surface area (Å²) in [6, 6.07) is 6.46. The van der Waals surface area contributed by atoms with E-state index in [0.717, 1.165) is 11.3 Å². The maximum absolute atomic E-state index is 10.7. The van der Waals surface area contributed by atoms with Crippen molar-refractivity contribution in [1.29, 1.82) is 5.26 Å². The Morgan fingerprint density at radius 3 is 2.82 bits per heavy atom. The largest absolute Gasteiger partial charge is 0.477 e. The van der Waals surface area contributed by atoms with Gasteiger partial charge in [0, 0.05) is 11.4 Å². The minimum Gasteiger partial charge on any atom is -0.477 e. The molecule has 17 heavy (non-hydrogen) atoms. The van der Waals surface area contributed by atoms with E-state index >= 15 is 0 Å². The van der Waals surface area contributed by atoms with Gasteiger partial charge in [0.2, 0.25) is 0 Å². The van der Waals surface area contributed by atoms with E-state index in [4.69, 9.17) is 15.1 Å². The van der Waals surface area contributed by atoms with Gasteiger partial charge >= 0.3 is 5.97 Å². The number of nitriles is 1. The summed E-state index contributed by atoms with van der Waals surface area (Å²) in [5.74, 6) is -0.0829. The van der Waals surface area contributed by atoms with Crippen LogP contribution in [0, 0.1) is 11.3 Å². The Morgan fingerprint density at radius 2 is 2.29 bits per heavy atom. The number of aromatic nitrogens is 1. The lowest BCUT2D eigenvalue weighted by molar-refractivity contribution is 0.0702. The van der Waals surface area contributed by atoms with Crippen LogP contribution < -0.4 is 4.74 Å². The number of ether oxygens (including phenoxy) is 1. The Hall–Kier alpha value is -2.39. The van der Waals surface area contributed by atoms with Crippen LogP contribution in [0.4, 0.5) is 0 Å². The predicted octanol–water partition coefficient (Wildman–Crippen LogP) is 2.51. The number of carbonyl (C=O) groups is 1. The molecule has 0 aliphatic rings. The monoisotopic (exact) mass is 246 g/mol. The van der Waals surface area contributed by atoms with Gasteiger partial charge in [-0.05, 0) is 12.1 Å². The first-order valence-corrected chi connectivity index (χ1v) is 5.43. The molecule has 2 aromatic rings. The molecule has 0 saturated carbocycles. The van der Waals surface area contributed by atoms with E-state index in [2.05, 4.69) is 4.98 Å². The summed E-state index contributed by atoms with van der Waals surface area (Å²) in [6.07, 6.45) is 1.41. The molecule has 1 N–H and O–H groups in total. The van der Waals surface area contributed by atoms with Gasteiger partial charge in [-0.1, -0.05) is 0 Å². The molecule has 0 amide bonds. The van der Waals surface area contributed by atoms with Crippen LogP contribution in [0.25, 0.3) is 0 Å². The van der Waals surface area contributed by atoms with Crippen LogP contribution in [0.2, 0.25) is 0 Å². The van der Waals surface area contributed by atoms with Crippen LogP contribution in [-0.2, 0) is 0 Å². The molecule has 6 heteroatoms. The van der Waals surface area contributed by atoms with Crippen LogP contribution in [0.3, 0.4) is 0 Å². The number of rotatable bonds is 3. The fourth-order valence-corrected chi connectivity index (χ4v) is 1.77. The molecule has 0 atom stereocenters. The highest BCUT2D eigenvalue weighted by Gasteiger charge is 2.08. The molecule has 0 spiro atoms. The van der Waals surface area contributed by atoms with Crippen LogP contribution in [0.1, 0.15) is 15.4 Å². The first-order valence-electron chi connectivity index (χ1n) is 4.55. The summed E-state index contributed by atoms with van der Waals surface area (Å²) < 4.78 is 5.38. The van der Waals surface area contributed by atoms with Crippen molar-refractivity contribution in [2.75, 3.05) is 0 Å². The van der Waals surface area contributed by atoms with Crippen molar-refractivity contribution in [3.05, 3.63) is 40.3 Å². The molecule has 2 rings (SSSR count). The van der Waals surface area contributed by atoms with Crippen molar-refractivity contribution >= 4 is 17.3 Å². The summed E-state index contributed by atoms with van der Waals surface area (Å²) in [5, 5.41) is 18.9.